The van der Waals surface area contributed by atoms with E-state index >= 15 is 0 Å². The van der Waals surface area contributed by atoms with Crippen LogP contribution in [0.4, 0.5) is 0 Å². The molecule has 2 saturated heterocycles. The van der Waals surface area contributed by atoms with E-state index in [1.807, 2.05) is 18.2 Å². The predicted octanol–water partition coefficient (Wildman–Crippen LogP) is 0.730. The minimum atomic E-state index is -1.41. The van der Waals surface area contributed by atoms with Gasteiger partial charge in [0.25, 0.3) is 0 Å². The first kappa shape index (κ1) is 25.9. The fraction of sp³-hybridized carbons (Fsp3) is 0.625. The Morgan fingerprint density at radius 2 is 1.94 bits per heavy atom. The molecule has 10 heteroatoms. The zero-order chi connectivity index (χ0) is 24.4. The summed E-state index contributed by atoms with van der Waals surface area (Å²) in [5.41, 5.74) is 1.61. The minimum Gasteiger partial charge on any atom is -0.388 e. The van der Waals surface area contributed by atoms with Crippen molar-refractivity contribution in [1.29, 1.82) is 0 Å². The lowest BCUT2D eigenvalue weighted by Crippen LogP contribution is -2.65. The molecule has 0 saturated carbocycles. The lowest BCUT2D eigenvalue weighted by molar-refractivity contribution is -0.205. The summed E-state index contributed by atoms with van der Waals surface area (Å²) in [5.74, 6) is -0.170. The molecule has 3 aliphatic rings. The fourth-order valence-electron chi connectivity index (χ4n) is 5.04. The van der Waals surface area contributed by atoms with Crippen molar-refractivity contribution < 1.29 is 29.6 Å². The number of amides is 1. The van der Waals surface area contributed by atoms with Gasteiger partial charge in [-0.2, -0.15) is 0 Å². The summed E-state index contributed by atoms with van der Waals surface area (Å²) in [6.07, 6.45) is -0.743. The molecule has 10 unspecified atom stereocenters. The van der Waals surface area contributed by atoms with Crippen LogP contribution in [0.1, 0.15) is 18.9 Å². The highest BCUT2D eigenvalue weighted by molar-refractivity contribution is 7.99. The summed E-state index contributed by atoms with van der Waals surface area (Å²) in [4.78, 5) is 13.3. The first-order valence-electron chi connectivity index (χ1n) is 11.6. The number of alkyl halides is 1. The van der Waals surface area contributed by atoms with Crippen LogP contribution in [-0.4, -0.2) is 94.1 Å². The molecule has 0 radical (unpaired) electrons. The molecule has 1 aromatic carbocycles. The number of hydrogen-bond donors (Lipinski definition) is 5. The van der Waals surface area contributed by atoms with E-state index in [4.69, 9.17) is 21.1 Å². The van der Waals surface area contributed by atoms with Crippen LogP contribution in [-0.2, 0) is 14.3 Å². The molecule has 4 rings (SSSR count). The Balaban J connectivity index is 1.44. The third-order valence-corrected chi connectivity index (χ3v) is 8.04. The number of halogens is 1. The Morgan fingerprint density at radius 1 is 1.21 bits per heavy atom. The molecule has 2 fully saturated rings. The molecule has 3 heterocycles. The van der Waals surface area contributed by atoms with Crippen molar-refractivity contribution >= 4 is 34.8 Å². The van der Waals surface area contributed by atoms with Crippen LogP contribution in [0.25, 0.3) is 5.57 Å². The zero-order valence-electron chi connectivity index (χ0n) is 19.2. The number of hydrogen-bond acceptors (Lipinski definition) is 8. The van der Waals surface area contributed by atoms with Crippen molar-refractivity contribution in [3.8, 4) is 0 Å². The molecule has 5 N–H and O–H groups in total. The molecule has 10 atom stereocenters. The molecule has 1 amide bonds. The number of carbonyl (C=O) groups is 1. The van der Waals surface area contributed by atoms with Gasteiger partial charge in [0, 0.05) is 12.5 Å². The Labute approximate surface area is 209 Å². The standard InChI is InChI=1S/C24H33ClN2O6S/c1-12(25)16(22-19(29)18(28)20(30)24(33-22)34-2)27-23(31)17-21-15(11-26-17)10-14(8-9-32-21)13-6-4-3-5-7-13/h3-8,12,15-22,24,26,28-30H,9-11H2,1-2H3,(H,27,31). The highest BCUT2D eigenvalue weighted by Crippen LogP contribution is 2.33. The van der Waals surface area contributed by atoms with Crippen molar-refractivity contribution in [3.63, 3.8) is 0 Å². The topological polar surface area (TPSA) is 120 Å². The molecule has 0 spiro atoms. The minimum absolute atomic E-state index is 0.131. The lowest BCUT2D eigenvalue weighted by Gasteiger charge is -2.44. The quantitative estimate of drug-likeness (QED) is 0.354. The maximum absolute atomic E-state index is 13.3. The molecule has 0 bridgehead atoms. The number of aliphatic hydroxyl groups is 3. The van der Waals surface area contributed by atoms with Crippen LogP contribution in [0.15, 0.2) is 36.4 Å². The third kappa shape index (κ3) is 5.32. The van der Waals surface area contributed by atoms with Gasteiger partial charge in [0.1, 0.15) is 35.9 Å². The maximum Gasteiger partial charge on any atom is 0.240 e. The largest absolute Gasteiger partial charge is 0.388 e. The van der Waals surface area contributed by atoms with E-state index in [9.17, 15) is 20.1 Å². The first-order valence-corrected chi connectivity index (χ1v) is 13.3. The number of ether oxygens (including phenoxy) is 2. The number of carbonyl (C=O) groups excluding carboxylic acids is 1. The number of benzene rings is 1. The fourth-order valence-corrected chi connectivity index (χ4v) is 5.92. The van der Waals surface area contributed by atoms with E-state index in [0.29, 0.717) is 13.2 Å². The van der Waals surface area contributed by atoms with Gasteiger partial charge in [-0.15, -0.1) is 23.4 Å². The normalized spacial score (nSPS) is 37.8. The predicted molar refractivity (Wildman–Crippen MR) is 131 cm³/mol. The number of allylic oxidation sites excluding steroid dienone is 1. The summed E-state index contributed by atoms with van der Waals surface area (Å²) in [6, 6.07) is 8.79. The van der Waals surface area contributed by atoms with Gasteiger partial charge in [-0.25, -0.2) is 0 Å². The Morgan fingerprint density at radius 3 is 2.62 bits per heavy atom. The Hall–Kier alpha value is -1.17. The van der Waals surface area contributed by atoms with Crippen molar-refractivity contribution in [3.05, 3.63) is 42.0 Å². The van der Waals surface area contributed by atoms with Crippen LogP contribution < -0.4 is 10.6 Å². The van der Waals surface area contributed by atoms with E-state index in [2.05, 4.69) is 28.8 Å². The Bertz CT molecular complexity index is 872. The molecule has 188 valence electrons. The lowest BCUT2D eigenvalue weighted by atomic mass is 9.90. The summed E-state index contributed by atoms with van der Waals surface area (Å²) in [7, 11) is 0. The van der Waals surface area contributed by atoms with Gasteiger partial charge in [0.2, 0.25) is 5.91 Å². The van der Waals surface area contributed by atoms with Crippen LogP contribution in [0, 0.1) is 5.92 Å². The summed E-state index contributed by atoms with van der Waals surface area (Å²) >= 11 is 7.62. The SMILES string of the molecule is CSC1OC(C(NC(=O)C2NCC3CC(c4ccccc4)=CCOC32)C(C)Cl)C(O)C(O)C1O. The second-order valence-electron chi connectivity index (χ2n) is 9.13. The van der Waals surface area contributed by atoms with Crippen molar-refractivity contribution in [2.75, 3.05) is 19.4 Å². The van der Waals surface area contributed by atoms with Crippen LogP contribution in [0.3, 0.4) is 0 Å². The number of fused-ring (bicyclic) bond motifs is 1. The van der Waals surface area contributed by atoms with Crippen LogP contribution in [0.2, 0.25) is 0 Å². The summed E-state index contributed by atoms with van der Waals surface area (Å²) in [6.45, 7) is 2.74. The highest BCUT2D eigenvalue weighted by Gasteiger charge is 2.49. The van der Waals surface area contributed by atoms with E-state index in [-0.39, 0.29) is 17.9 Å². The van der Waals surface area contributed by atoms with Crippen LogP contribution in [0.5, 0.6) is 0 Å². The molecular formula is C24H33ClN2O6S. The van der Waals surface area contributed by atoms with Gasteiger partial charge < -0.3 is 35.4 Å². The van der Waals surface area contributed by atoms with E-state index in [0.717, 1.165) is 12.0 Å². The second-order valence-corrected chi connectivity index (χ2v) is 10.8. The van der Waals surface area contributed by atoms with Crippen LogP contribution >= 0.6 is 23.4 Å². The van der Waals surface area contributed by atoms with Gasteiger partial charge in [-0.05, 0) is 30.7 Å². The smallest absolute Gasteiger partial charge is 0.240 e. The molecule has 34 heavy (non-hydrogen) atoms. The van der Waals surface area contributed by atoms with Crippen molar-refractivity contribution in [2.45, 2.75) is 66.8 Å². The van der Waals surface area contributed by atoms with Gasteiger partial charge in [0.15, 0.2) is 0 Å². The first-order chi connectivity index (χ1) is 16.3. The molecular weight excluding hydrogens is 480 g/mol. The van der Waals surface area contributed by atoms with Gasteiger partial charge in [-0.1, -0.05) is 36.4 Å². The monoisotopic (exact) mass is 512 g/mol. The average molecular weight is 513 g/mol. The van der Waals surface area contributed by atoms with Gasteiger partial charge >= 0.3 is 0 Å². The second kappa shape index (κ2) is 11.3. The van der Waals surface area contributed by atoms with Gasteiger partial charge in [0.05, 0.1) is 24.1 Å². The molecule has 8 nitrogen and oxygen atoms in total. The van der Waals surface area contributed by atoms with Crippen molar-refractivity contribution in [2.24, 2.45) is 5.92 Å². The highest BCUT2D eigenvalue weighted by atomic mass is 35.5. The maximum atomic E-state index is 13.3. The molecule has 3 aliphatic heterocycles. The number of nitrogens with one attached hydrogen (secondary N) is 2. The molecule has 1 aromatic rings. The number of aliphatic hydroxyl groups excluding tert-OH is 3. The van der Waals surface area contributed by atoms with Crippen molar-refractivity contribution in [1.82, 2.24) is 10.6 Å². The third-order valence-electron chi connectivity index (χ3n) is 6.92. The summed E-state index contributed by atoms with van der Waals surface area (Å²) in [5, 5.41) is 36.6. The van der Waals surface area contributed by atoms with E-state index < -0.39 is 47.3 Å². The average Bonchev–Trinajstić information content (AvgIpc) is 3.11. The number of thioether (sulfide) groups is 1. The van der Waals surface area contributed by atoms with E-state index in [1.54, 1.807) is 13.2 Å². The zero-order valence-corrected chi connectivity index (χ0v) is 20.8. The number of rotatable bonds is 6. The van der Waals surface area contributed by atoms with Gasteiger partial charge in [-0.3, -0.25) is 4.79 Å². The summed E-state index contributed by atoms with van der Waals surface area (Å²) < 4.78 is 11.9. The molecule has 0 aromatic heterocycles. The molecule has 0 aliphatic carbocycles. The Kier molecular flexibility index (Phi) is 8.58. The van der Waals surface area contributed by atoms with E-state index in [1.165, 1.54) is 17.3 Å².